The van der Waals surface area contributed by atoms with Crippen molar-refractivity contribution in [2.75, 3.05) is 7.11 Å². The third kappa shape index (κ3) is 2.96. The average molecular weight is 319 g/mol. The lowest BCUT2D eigenvalue weighted by molar-refractivity contribution is 0.415. The third-order valence-corrected chi connectivity index (χ3v) is 3.47. The molecule has 0 aliphatic rings. The van der Waals surface area contributed by atoms with Gasteiger partial charge in [-0.2, -0.15) is 5.26 Å². The maximum atomic E-state index is 12.3. The van der Waals surface area contributed by atoms with E-state index in [1.807, 2.05) is 6.07 Å². The first-order chi connectivity index (χ1) is 11.6. The number of methoxy groups -OCH3 is 1. The van der Waals surface area contributed by atoms with E-state index >= 15 is 0 Å². The lowest BCUT2D eigenvalue weighted by Gasteiger charge is -2.04. The summed E-state index contributed by atoms with van der Waals surface area (Å²) in [7, 11) is 1.52. The summed E-state index contributed by atoms with van der Waals surface area (Å²) >= 11 is 0. The molecule has 0 amide bonds. The number of aromatic nitrogens is 2. The van der Waals surface area contributed by atoms with Crippen LogP contribution in [-0.4, -0.2) is 22.2 Å². The zero-order valence-electron chi connectivity index (χ0n) is 12.8. The van der Waals surface area contributed by atoms with Crippen LogP contribution in [0.15, 0.2) is 47.3 Å². The molecular formula is C18H13N3O3. The van der Waals surface area contributed by atoms with Crippen molar-refractivity contribution < 1.29 is 9.84 Å². The number of nitrogens with one attached hydrogen (secondary N) is 1. The molecular weight excluding hydrogens is 306 g/mol. The minimum absolute atomic E-state index is 0.0908. The van der Waals surface area contributed by atoms with E-state index in [1.165, 1.54) is 19.2 Å². The van der Waals surface area contributed by atoms with E-state index in [-0.39, 0.29) is 22.7 Å². The number of nitriles is 1. The average Bonchev–Trinajstić information content (AvgIpc) is 2.59. The topological polar surface area (TPSA) is 99.0 Å². The van der Waals surface area contributed by atoms with E-state index in [2.05, 4.69) is 9.97 Å². The van der Waals surface area contributed by atoms with Crippen molar-refractivity contribution in [3.8, 4) is 17.6 Å². The zero-order chi connectivity index (χ0) is 17.1. The number of aromatic amines is 1. The Labute approximate surface area is 137 Å². The summed E-state index contributed by atoms with van der Waals surface area (Å²) in [4.78, 5) is 19.2. The molecule has 0 aliphatic heterocycles. The second-order valence-electron chi connectivity index (χ2n) is 5.06. The van der Waals surface area contributed by atoms with Gasteiger partial charge in [-0.15, -0.1) is 0 Å². The number of nitrogens with zero attached hydrogens (tertiary/aromatic N) is 2. The molecule has 6 nitrogen and oxygen atoms in total. The lowest BCUT2D eigenvalue weighted by Crippen LogP contribution is -2.11. The van der Waals surface area contributed by atoms with Gasteiger partial charge in [0.15, 0.2) is 5.82 Å². The summed E-state index contributed by atoms with van der Waals surface area (Å²) in [5.74, 6) is 0.815. The quantitative estimate of drug-likeness (QED) is 0.723. The van der Waals surface area contributed by atoms with E-state index in [0.717, 1.165) is 0 Å². The van der Waals surface area contributed by atoms with Crippen LogP contribution in [0.2, 0.25) is 0 Å². The number of allylic oxidation sites excluding steroid dienone is 1. The van der Waals surface area contributed by atoms with Gasteiger partial charge in [0.2, 0.25) is 0 Å². The second-order valence-corrected chi connectivity index (χ2v) is 5.06. The van der Waals surface area contributed by atoms with Crippen LogP contribution in [-0.2, 0) is 0 Å². The smallest absolute Gasteiger partial charge is 0.259 e. The Bertz CT molecular complexity index is 1050. The maximum absolute atomic E-state index is 12.3. The molecule has 0 radical (unpaired) electrons. The van der Waals surface area contributed by atoms with Crippen LogP contribution in [0.4, 0.5) is 0 Å². The van der Waals surface area contributed by atoms with Crippen LogP contribution in [0.1, 0.15) is 11.4 Å². The van der Waals surface area contributed by atoms with Crippen molar-refractivity contribution in [2.45, 2.75) is 0 Å². The molecule has 6 heteroatoms. The third-order valence-electron chi connectivity index (χ3n) is 3.47. The summed E-state index contributed by atoms with van der Waals surface area (Å²) < 4.78 is 5.10. The molecule has 0 bridgehead atoms. The van der Waals surface area contributed by atoms with Crippen LogP contribution in [0.25, 0.3) is 22.6 Å². The number of benzene rings is 2. The van der Waals surface area contributed by atoms with Crippen LogP contribution >= 0.6 is 0 Å². The molecule has 0 saturated heterocycles. The number of fused-ring (bicyclic) bond motifs is 1. The summed E-state index contributed by atoms with van der Waals surface area (Å²) in [6.45, 7) is 0. The summed E-state index contributed by atoms with van der Waals surface area (Å²) in [6, 6.07) is 13.4. The Kier molecular flexibility index (Phi) is 4.00. The first kappa shape index (κ1) is 15.3. The SMILES string of the molecule is COc1ccc2nc(C(C#N)=Cc3cccc(O)c3)[nH]c(=O)c2c1. The predicted molar refractivity (Wildman–Crippen MR) is 90.5 cm³/mol. The summed E-state index contributed by atoms with van der Waals surface area (Å²) in [6.07, 6.45) is 1.55. The molecule has 1 aromatic heterocycles. The minimum atomic E-state index is -0.356. The van der Waals surface area contributed by atoms with Gasteiger partial charge in [0, 0.05) is 0 Å². The molecule has 3 aromatic rings. The highest BCUT2D eigenvalue weighted by molar-refractivity contribution is 5.89. The van der Waals surface area contributed by atoms with Crippen molar-refractivity contribution in [1.29, 1.82) is 5.26 Å². The fourth-order valence-electron chi connectivity index (χ4n) is 2.31. The van der Waals surface area contributed by atoms with Gasteiger partial charge in [-0.3, -0.25) is 4.79 Å². The summed E-state index contributed by atoms with van der Waals surface area (Å²) in [5.41, 5.74) is 0.928. The molecule has 118 valence electrons. The number of hydrogen-bond donors (Lipinski definition) is 2. The van der Waals surface area contributed by atoms with E-state index in [9.17, 15) is 15.2 Å². The highest BCUT2D eigenvalue weighted by Crippen LogP contribution is 2.20. The number of rotatable bonds is 3. The van der Waals surface area contributed by atoms with E-state index < -0.39 is 0 Å². The number of phenolic OH excluding ortho intramolecular Hbond substituents is 1. The minimum Gasteiger partial charge on any atom is -0.508 e. The van der Waals surface area contributed by atoms with Crippen molar-refractivity contribution >= 4 is 22.6 Å². The Morgan fingerprint density at radius 2 is 2.17 bits per heavy atom. The second kappa shape index (κ2) is 6.26. The van der Waals surface area contributed by atoms with Gasteiger partial charge in [-0.1, -0.05) is 12.1 Å². The van der Waals surface area contributed by atoms with Crippen molar-refractivity contribution in [2.24, 2.45) is 0 Å². The fraction of sp³-hybridized carbons (Fsp3) is 0.0556. The molecule has 0 saturated carbocycles. The Hall–Kier alpha value is -3.59. The molecule has 0 unspecified atom stereocenters. The summed E-state index contributed by atoms with van der Waals surface area (Å²) in [5, 5.41) is 19.3. The van der Waals surface area contributed by atoms with E-state index in [4.69, 9.17) is 4.74 Å². The fourth-order valence-corrected chi connectivity index (χ4v) is 2.31. The van der Waals surface area contributed by atoms with E-state index in [0.29, 0.717) is 22.2 Å². The van der Waals surface area contributed by atoms with Gasteiger partial charge >= 0.3 is 0 Å². The predicted octanol–water partition coefficient (Wildman–Crippen LogP) is 2.70. The normalized spacial score (nSPS) is 11.2. The molecule has 0 aliphatic carbocycles. The largest absolute Gasteiger partial charge is 0.508 e. The van der Waals surface area contributed by atoms with Gasteiger partial charge in [-0.25, -0.2) is 4.98 Å². The highest BCUT2D eigenvalue weighted by atomic mass is 16.5. The standard InChI is InChI=1S/C18H13N3O3/c1-24-14-5-6-16-15(9-14)18(23)21-17(20-16)12(10-19)7-11-3-2-4-13(22)8-11/h2-9,22H,1H3,(H,20,21,23). The van der Waals surface area contributed by atoms with Crippen LogP contribution in [0, 0.1) is 11.3 Å². The number of H-pyrrole nitrogens is 1. The molecule has 1 heterocycles. The van der Waals surface area contributed by atoms with Crippen LogP contribution in [0.3, 0.4) is 0 Å². The van der Waals surface area contributed by atoms with Crippen molar-refractivity contribution in [1.82, 2.24) is 9.97 Å². The maximum Gasteiger partial charge on any atom is 0.259 e. The highest BCUT2D eigenvalue weighted by Gasteiger charge is 2.09. The molecule has 2 N–H and O–H groups in total. The molecule has 3 rings (SSSR count). The first-order valence-corrected chi connectivity index (χ1v) is 7.10. The number of aromatic hydroxyl groups is 1. The molecule has 24 heavy (non-hydrogen) atoms. The van der Waals surface area contributed by atoms with Gasteiger partial charge < -0.3 is 14.8 Å². The lowest BCUT2D eigenvalue weighted by atomic mass is 10.1. The van der Waals surface area contributed by atoms with Gasteiger partial charge in [0.05, 0.1) is 23.6 Å². The monoisotopic (exact) mass is 319 g/mol. The molecule has 2 aromatic carbocycles. The van der Waals surface area contributed by atoms with Crippen molar-refractivity contribution in [3.63, 3.8) is 0 Å². The molecule has 0 spiro atoms. The van der Waals surface area contributed by atoms with Gasteiger partial charge in [0.25, 0.3) is 5.56 Å². The molecule has 0 atom stereocenters. The van der Waals surface area contributed by atoms with Gasteiger partial charge in [-0.05, 0) is 42.0 Å². The van der Waals surface area contributed by atoms with Gasteiger partial charge in [0.1, 0.15) is 17.6 Å². The Morgan fingerprint density at radius 1 is 1.33 bits per heavy atom. The number of phenols is 1. The Morgan fingerprint density at radius 3 is 2.88 bits per heavy atom. The van der Waals surface area contributed by atoms with Crippen LogP contribution < -0.4 is 10.3 Å². The Balaban J connectivity index is 2.14. The number of ether oxygens (including phenoxy) is 1. The number of hydrogen-bond acceptors (Lipinski definition) is 5. The van der Waals surface area contributed by atoms with Crippen molar-refractivity contribution in [3.05, 3.63) is 64.2 Å². The molecule has 0 fully saturated rings. The van der Waals surface area contributed by atoms with Crippen LogP contribution in [0.5, 0.6) is 11.5 Å². The van der Waals surface area contributed by atoms with E-state index in [1.54, 1.807) is 36.4 Å². The first-order valence-electron chi connectivity index (χ1n) is 7.10. The zero-order valence-corrected chi connectivity index (χ0v) is 12.8.